The summed E-state index contributed by atoms with van der Waals surface area (Å²) in [7, 11) is 0. The molecule has 0 unspecified atom stereocenters. The van der Waals surface area contributed by atoms with Gasteiger partial charge in [-0.15, -0.1) is 24.0 Å². The Balaban J connectivity index is 0.00000225. The smallest absolute Gasteiger partial charge is 0.189 e. The summed E-state index contributed by atoms with van der Waals surface area (Å²) in [4.78, 5) is 4.11. The van der Waals surface area contributed by atoms with Gasteiger partial charge < -0.3 is 11.1 Å². The lowest BCUT2D eigenvalue weighted by molar-refractivity contribution is 0.878. The van der Waals surface area contributed by atoms with Gasteiger partial charge in [0.1, 0.15) is 0 Å². The third-order valence-electron chi connectivity index (χ3n) is 1.61. The van der Waals surface area contributed by atoms with Crippen LogP contribution in [0.1, 0.15) is 12.6 Å². The van der Waals surface area contributed by atoms with Crippen LogP contribution >= 0.6 is 24.0 Å². The van der Waals surface area contributed by atoms with Crippen LogP contribution in [0.3, 0.4) is 0 Å². The SMILES string of the molecule is C=C(C)CNC(N)=NCc1cccnn1.I. The second-order valence-electron chi connectivity index (χ2n) is 3.23. The molecule has 1 heterocycles. The fourth-order valence-electron chi connectivity index (χ4n) is 0.881. The number of aromatic nitrogens is 2. The predicted octanol–water partition coefficient (Wildman–Crippen LogP) is 1.07. The highest BCUT2D eigenvalue weighted by molar-refractivity contribution is 14.0. The summed E-state index contributed by atoms with van der Waals surface area (Å²) >= 11 is 0. The van der Waals surface area contributed by atoms with Gasteiger partial charge in [0.25, 0.3) is 0 Å². The lowest BCUT2D eigenvalue weighted by atomic mass is 10.3. The Hall–Kier alpha value is -1.18. The monoisotopic (exact) mass is 333 g/mol. The molecule has 0 saturated carbocycles. The molecule has 0 radical (unpaired) electrons. The Morgan fingerprint density at radius 2 is 2.38 bits per heavy atom. The molecule has 0 aromatic carbocycles. The molecule has 0 spiro atoms. The first-order valence-electron chi connectivity index (χ1n) is 4.63. The average Bonchev–Trinajstić information content (AvgIpc) is 2.25. The van der Waals surface area contributed by atoms with E-state index >= 15 is 0 Å². The minimum atomic E-state index is 0. The van der Waals surface area contributed by atoms with Gasteiger partial charge in [0, 0.05) is 12.7 Å². The zero-order valence-electron chi connectivity index (χ0n) is 9.18. The van der Waals surface area contributed by atoms with Crippen LogP contribution in [0.15, 0.2) is 35.5 Å². The zero-order valence-corrected chi connectivity index (χ0v) is 11.5. The fourth-order valence-corrected chi connectivity index (χ4v) is 0.881. The van der Waals surface area contributed by atoms with Gasteiger partial charge >= 0.3 is 0 Å². The number of hydrogen-bond donors (Lipinski definition) is 2. The van der Waals surface area contributed by atoms with Gasteiger partial charge in [0.2, 0.25) is 0 Å². The molecule has 16 heavy (non-hydrogen) atoms. The van der Waals surface area contributed by atoms with Crippen LogP contribution in [0.5, 0.6) is 0 Å². The second-order valence-corrected chi connectivity index (χ2v) is 3.23. The van der Waals surface area contributed by atoms with E-state index in [0.717, 1.165) is 11.3 Å². The Morgan fingerprint density at radius 1 is 1.62 bits per heavy atom. The van der Waals surface area contributed by atoms with Crippen molar-refractivity contribution in [3.63, 3.8) is 0 Å². The maximum atomic E-state index is 5.62. The molecule has 1 aromatic rings. The Bertz CT molecular complexity index is 349. The maximum absolute atomic E-state index is 5.62. The van der Waals surface area contributed by atoms with Crippen LogP contribution in [-0.2, 0) is 6.54 Å². The van der Waals surface area contributed by atoms with E-state index in [2.05, 4.69) is 27.1 Å². The molecule has 6 heteroatoms. The molecule has 1 rings (SSSR count). The third kappa shape index (κ3) is 6.33. The molecule has 0 fully saturated rings. The largest absolute Gasteiger partial charge is 0.370 e. The number of nitrogens with one attached hydrogen (secondary N) is 1. The molecular formula is C10H16IN5. The molecule has 1 aromatic heterocycles. The van der Waals surface area contributed by atoms with Gasteiger partial charge in [-0.1, -0.05) is 12.2 Å². The molecule has 0 aliphatic rings. The van der Waals surface area contributed by atoms with Gasteiger partial charge in [-0.2, -0.15) is 10.2 Å². The standard InChI is InChI=1S/C10H15N5.HI/c1-8(2)6-12-10(11)13-7-9-4-3-5-14-15-9;/h3-5H,1,6-7H2,2H3,(H3,11,12,13);1H. The van der Waals surface area contributed by atoms with Crippen molar-refractivity contribution in [2.75, 3.05) is 6.54 Å². The van der Waals surface area contributed by atoms with E-state index in [9.17, 15) is 0 Å². The maximum Gasteiger partial charge on any atom is 0.189 e. The molecule has 0 atom stereocenters. The summed E-state index contributed by atoms with van der Waals surface area (Å²) in [6.07, 6.45) is 1.62. The van der Waals surface area contributed by atoms with Crippen LogP contribution < -0.4 is 11.1 Å². The first-order valence-corrected chi connectivity index (χ1v) is 4.63. The lowest BCUT2D eigenvalue weighted by Gasteiger charge is -2.04. The van der Waals surface area contributed by atoms with E-state index < -0.39 is 0 Å². The van der Waals surface area contributed by atoms with Crippen molar-refractivity contribution in [1.82, 2.24) is 15.5 Å². The summed E-state index contributed by atoms with van der Waals surface area (Å²) in [6.45, 7) is 6.74. The normalized spacial score (nSPS) is 10.4. The molecule has 3 N–H and O–H groups in total. The summed E-state index contributed by atoms with van der Waals surface area (Å²) < 4.78 is 0. The Morgan fingerprint density at radius 3 is 2.94 bits per heavy atom. The van der Waals surface area contributed by atoms with Crippen LogP contribution in [0.25, 0.3) is 0 Å². The first-order chi connectivity index (χ1) is 7.18. The molecule has 0 saturated heterocycles. The minimum absolute atomic E-state index is 0. The minimum Gasteiger partial charge on any atom is -0.370 e. The molecular weight excluding hydrogens is 317 g/mol. The van der Waals surface area contributed by atoms with E-state index in [4.69, 9.17) is 5.73 Å². The second kappa shape index (κ2) is 8.03. The summed E-state index contributed by atoms with van der Waals surface area (Å²) in [5, 5.41) is 10.6. The Kier molecular flexibility index (Phi) is 7.44. The molecule has 0 bridgehead atoms. The van der Waals surface area contributed by atoms with E-state index in [0.29, 0.717) is 19.0 Å². The average molecular weight is 333 g/mol. The van der Waals surface area contributed by atoms with Crippen molar-refractivity contribution < 1.29 is 0 Å². The number of halogens is 1. The number of rotatable bonds is 4. The van der Waals surface area contributed by atoms with Crippen LogP contribution in [0, 0.1) is 0 Å². The lowest BCUT2D eigenvalue weighted by Crippen LogP contribution is -2.32. The van der Waals surface area contributed by atoms with Crippen molar-refractivity contribution in [2.24, 2.45) is 10.7 Å². The van der Waals surface area contributed by atoms with Gasteiger partial charge in [0.15, 0.2) is 5.96 Å². The van der Waals surface area contributed by atoms with Crippen molar-refractivity contribution in [3.05, 3.63) is 36.2 Å². The van der Waals surface area contributed by atoms with Gasteiger partial charge in [0.05, 0.1) is 12.2 Å². The molecule has 0 amide bonds. The molecule has 0 aliphatic heterocycles. The summed E-state index contributed by atoms with van der Waals surface area (Å²) in [6, 6.07) is 3.66. The van der Waals surface area contributed by atoms with Crippen molar-refractivity contribution in [2.45, 2.75) is 13.5 Å². The Labute approximate surface area is 112 Å². The van der Waals surface area contributed by atoms with E-state index in [1.54, 1.807) is 6.20 Å². The predicted molar refractivity (Wildman–Crippen MR) is 75.6 cm³/mol. The van der Waals surface area contributed by atoms with Gasteiger partial charge in [-0.05, 0) is 19.1 Å². The first kappa shape index (κ1) is 14.8. The van der Waals surface area contributed by atoms with E-state index in [1.807, 2.05) is 19.1 Å². The molecule has 0 aliphatic carbocycles. The van der Waals surface area contributed by atoms with E-state index in [1.165, 1.54) is 0 Å². The number of nitrogens with two attached hydrogens (primary N) is 1. The number of nitrogens with zero attached hydrogens (tertiary/aromatic N) is 3. The van der Waals surface area contributed by atoms with Crippen molar-refractivity contribution in [3.8, 4) is 0 Å². The van der Waals surface area contributed by atoms with Crippen LogP contribution in [0.4, 0.5) is 0 Å². The molecule has 5 nitrogen and oxygen atoms in total. The number of hydrogen-bond acceptors (Lipinski definition) is 3. The highest BCUT2D eigenvalue weighted by atomic mass is 127. The quantitative estimate of drug-likeness (QED) is 0.374. The van der Waals surface area contributed by atoms with E-state index in [-0.39, 0.29) is 24.0 Å². The van der Waals surface area contributed by atoms with Gasteiger partial charge in [-0.25, -0.2) is 4.99 Å². The topological polar surface area (TPSA) is 76.2 Å². The number of guanidine groups is 1. The van der Waals surface area contributed by atoms with Gasteiger partial charge in [-0.3, -0.25) is 0 Å². The summed E-state index contributed by atoms with van der Waals surface area (Å²) in [5.74, 6) is 0.392. The highest BCUT2D eigenvalue weighted by Crippen LogP contribution is 1.92. The van der Waals surface area contributed by atoms with Crippen LogP contribution in [0.2, 0.25) is 0 Å². The van der Waals surface area contributed by atoms with Crippen molar-refractivity contribution >= 4 is 29.9 Å². The molecule has 88 valence electrons. The fraction of sp³-hybridized carbons (Fsp3) is 0.300. The highest BCUT2D eigenvalue weighted by Gasteiger charge is 1.93. The van der Waals surface area contributed by atoms with Crippen LogP contribution in [-0.4, -0.2) is 22.7 Å². The summed E-state index contributed by atoms with van der Waals surface area (Å²) in [5.41, 5.74) is 7.42. The zero-order chi connectivity index (χ0) is 11.1. The third-order valence-corrected chi connectivity index (χ3v) is 1.61. The number of aliphatic imine (C=N–C) groups is 1. The van der Waals surface area contributed by atoms with Crippen molar-refractivity contribution in [1.29, 1.82) is 0 Å².